The van der Waals surface area contributed by atoms with Gasteiger partial charge in [0.1, 0.15) is 5.76 Å². The Bertz CT molecular complexity index is 314. The number of hydrogen-bond donors (Lipinski definition) is 0. The monoisotopic (exact) mass is 195 g/mol. The molecule has 0 saturated heterocycles. The van der Waals surface area contributed by atoms with E-state index < -0.39 is 0 Å². The Morgan fingerprint density at radius 1 is 1.71 bits per heavy atom. The van der Waals surface area contributed by atoms with E-state index in [9.17, 15) is 10.1 Å². The lowest BCUT2D eigenvalue weighted by Crippen LogP contribution is -1.98. The highest BCUT2D eigenvalue weighted by Gasteiger charge is 2.10. The molecule has 0 spiro atoms. The maximum atomic E-state index is 10.6. The molecule has 0 atom stereocenters. The third kappa shape index (κ3) is 3.05. The van der Waals surface area contributed by atoms with Crippen LogP contribution in [-0.2, 0) is 0 Å². The van der Waals surface area contributed by atoms with E-state index in [1.807, 2.05) is 6.92 Å². The van der Waals surface area contributed by atoms with Crippen LogP contribution in [0.5, 0.6) is 0 Å². The molecule has 0 N–H and O–H groups in total. The van der Waals surface area contributed by atoms with E-state index in [0.29, 0.717) is 12.2 Å². The van der Waals surface area contributed by atoms with Crippen molar-refractivity contribution in [3.8, 4) is 0 Å². The van der Waals surface area contributed by atoms with E-state index in [1.165, 1.54) is 12.3 Å². The van der Waals surface area contributed by atoms with E-state index >= 15 is 0 Å². The van der Waals surface area contributed by atoms with Gasteiger partial charge in [-0.1, -0.05) is 13.3 Å². The van der Waals surface area contributed by atoms with Crippen molar-refractivity contribution in [3.05, 3.63) is 40.0 Å². The molecule has 0 bridgehead atoms. The maximum absolute atomic E-state index is 10.6. The van der Waals surface area contributed by atoms with Crippen LogP contribution in [0.1, 0.15) is 31.9 Å². The second kappa shape index (κ2) is 5.21. The number of rotatable bonds is 5. The Morgan fingerprint density at radius 3 is 3.00 bits per heavy atom. The number of nitrogens with zero attached hydrogens (tertiary/aromatic N) is 1. The quantitative estimate of drug-likeness (QED) is 0.535. The smallest absolute Gasteiger partial charge is 0.249 e. The topological polar surface area (TPSA) is 56.3 Å². The summed E-state index contributed by atoms with van der Waals surface area (Å²) in [5.74, 6) is 0.535. The SMILES string of the molecule is CCCC/C(=C\c1ccco1)[N+](=O)[O-]. The molecule has 0 saturated carbocycles. The average Bonchev–Trinajstić information content (AvgIpc) is 2.64. The van der Waals surface area contributed by atoms with Gasteiger partial charge in [0.05, 0.1) is 17.3 Å². The fraction of sp³-hybridized carbons (Fsp3) is 0.400. The van der Waals surface area contributed by atoms with Crippen LogP contribution in [-0.4, -0.2) is 4.92 Å². The van der Waals surface area contributed by atoms with Gasteiger partial charge in [0.15, 0.2) is 0 Å². The molecule has 0 aromatic carbocycles. The second-order valence-corrected chi connectivity index (χ2v) is 3.01. The van der Waals surface area contributed by atoms with Gasteiger partial charge in [0.25, 0.3) is 0 Å². The van der Waals surface area contributed by atoms with E-state index in [-0.39, 0.29) is 10.6 Å². The van der Waals surface area contributed by atoms with Crippen LogP contribution >= 0.6 is 0 Å². The molecule has 76 valence electrons. The molecular formula is C10H13NO3. The lowest BCUT2D eigenvalue weighted by molar-refractivity contribution is -0.426. The van der Waals surface area contributed by atoms with Gasteiger partial charge in [0, 0.05) is 6.42 Å². The summed E-state index contributed by atoms with van der Waals surface area (Å²) in [5.41, 5.74) is 0.210. The molecule has 0 radical (unpaired) electrons. The molecular weight excluding hydrogens is 182 g/mol. The van der Waals surface area contributed by atoms with Gasteiger partial charge in [-0.25, -0.2) is 0 Å². The predicted molar refractivity (Wildman–Crippen MR) is 53.2 cm³/mol. The third-order valence-electron chi connectivity index (χ3n) is 1.87. The summed E-state index contributed by atoms with van der Waals surface area (Å²) in [5, 5.41) is 10.6. The molecule has 0 amide bonds. The van der Waals surface area contributed by atoms with Crippen LogP contribution < -0.4 is 0 Å². The Morgan fingerprint density at radius 2 is 2.50 bits per heavy atom. The van der Waals surface area contributed by atoms with Gasteiger partial charge < -0.3 is 4.42 Å². The fourth-order valence-electron chi connectivity index (χ4n) is 1.11. The maximum Gasteiger partial charge on any atom is 0.249 e. The number of hydrogen-bond acceptors (Lipinski definition) is 3. The highest BCUT2D eigenvalue weighted by atomic mass is 16.6. The fourth-order valence-corrected chi connectivity index (χ4v) is 1.11. The summed E-state index contributed by atoms with van der Waals surface area (Å²) in [7, 11) is 0. The summed E-state index contributed by atoms with van der Waals surface area (Å²) in [6.07, 6.45) is 5.25. The van der Waals surface area contributed by atoms with Crippen LogP contribution in [0.2, 0.25) is 0 Å². The Kier molecular flexibility index (Phi) is 3.91. The van der Waals surface area contributed by atoms with Gasteiger partial charge in [-0.2, -0.15) is 0 Å². The third-order valence-corrected chi connectivity index (χ3v) is 1.87. The van der Waals surface area contributed by atoms with Crippen LogP contribution in [0.15, 0.2) is 28.5 Å². The molecule has 4 nitrogen and oxygen atoms in total. The first-order valence-corrected chi connectivity index (χ1v) is 4.62. The summed E-state index contributed by atoms with van der Waals surface area (Å²) < 4.78 is 5.01. The van der Waals surface area contributed by atoms with Gasteiger partial charge in [0.2, 0.25) is 5.70 Å². The summed E-state index contributed by atoms with van der Waals surface area (Å²) in [6.45, 7) is 2.00. The number of allylic oxidation sites excluding steroid dienone is 1. The van der Waals surface area contributed by atoms with Crippen molar-refractivity contribution in [1.29, 1.82) is 0 Å². The minimum absolute atomic E-state index is 0.210. The van der Waals surface area contributed by atoms with E-state index in [2.05, 4.69) is 0 Å². The van der Waals surface area contributed by atoms with Crippen LogP contribution in [0.3, 0.4) is 0 Å². The highest BCUT2D eigenvalue weighted by Crippen LogP contribution is 2.13. The lowest BCUT2D eigenvalue weighted by atomic mass is 10.2. The molecule has 0 aliphatic rings. The zero-order valence-corrected chi connectivity index (χ0v) is 8.10. The summed E-state index contributed by atoms with van der Waals surface area (Å²) >= 11 is 0. The number of unbranched alkanes of at least 4 members (excludes halogenated alkanes) is 1. The van der Waals surface area contributed by atoms with Gasteiger partial charge in [-0.05, 0) is 18.6 Å². The van der Waals surface area contributed by atoms with Gasteiger partial charge >= 0.3 is 0 Å². The summed E-state index contributed by atoms with van der Waals surface area (Å²) in [6, 6.07) is 3.42. The first-order chi connectivity index (χ1) is 6.74. The molecule has 1 heterocycles. The second-order valence-electron chi connectivity index (χ2n) is 3.01. The van der Waals surface area contributed by atoms with Crippen molar-refractivity contribution in [2.75, 3.05) is 0 Å². The number of nitro groups is 1. The molecule has 14 heavy (non-hydrogen) atoms. The van der Waals surface area contributed by atoms with Crippen molar-refractivity contribution in [2.24, 2.45) is 0 Å². The molecule has 1 aromatic heterocycles. The van der Waals surface area contributed by atoms with Gasteiger partial charge in [-0.3, -0.25) is 10.1 Å². The lowest BCUT2D eigenvalue weighted by Gasteiger charge is -1.95. The zero-order valence-electron chi connectivity index (χ0n) is 8.10. The van der Waals surface area contributed by atoms with Crippen LogP contribution in [0, 0.1) is 10.1 Å². The molecule has 0 unspecified atom stereocenters. The average molecular weight is 195 g/mol. The Hall–Kier alpha value is -1.58. The predicted octanol–water partition coefficient (Wildman–Crippen LogP) is 3.09. The molecule has 4 heteroatoms. The molecule has 0 aliphatic carbocycles. The van der Waals surface area contributed by atoms with Crippen LogP contribution in [0.25, 0.3) is 6.08 Å². The van der Waals surface area contributed by atoms with E-state index in [1.54, 1.807) is 12.1 Å². The largest absolute Gasteiger partial charge is 0.465 e. The Labute approximate surface area is 82.4 Å². The Balaban J connectivity index is 2.72. The van der Waals surface area contributed by atoms with Crippen molar-refractivity contribution in [2.45, 2.75) is 26.2 Å². The highest BCUT2D eigenvalue weighted by molar-refractivity contribution is 5.44. The summed E-state index contributed by atoms with van der Waals surface area (Å²) in [4.78, 5) is 10.3. The standard InChI is InChI=1S/C10H13NO3/c1-2-3-5-9(11(12)13)8-10-6-4-7-14-10/h4,6-8H,2-3,5H2,1H3/b9-8+. The molecule has 0 fully saturated rings. The van der Waals surface area contributed by atoms with E-state index in [0.717, 1.165) is 12.8 Å². The van der Waals surface area contributed by atoms with Gasteiger partial charge in [-0.15, -0.1) is 0 Å². The number of furan rings is 1. The zero-order chi connectivity index (χ0) is 10.4. The molecule has 1 rings (SSSR count). The minimum atomic E-state index is -0.349. The first-order valence-electron chi connectivity index (χ1n) is 4.62. The van der Waals surface area contributed by atoms with Crippen LogP contribution in [0.4, 0.5) is 0 Å². The molecule has 0 aliphatic heterocycles. The normalized spacial score (nSPS) is 11.6. The van der Waals surface area contributed by atoms with E-state index in [4.69, 9.17) is 4.42 Å². The molecule has 1 aromatic rings. The van der Waals surface area contributed by atoms with Crippen molar-refractivity contribution < 1.29 is 9.34 Å². The van der Waals surface area contributed by atoms with Crippen molar-refractivity contribution in [1.82, 2.24) is 0 Å². The van der Waals surface area contributed by atoms with Crippen molar-refractivity contribution >= 4 is 6.08 Å². The first kappa shape index (κ1) is 10.5. The van der Waals surface area contributed by atoms with Crippen molar-refractivity contribution in [3.63, 3.8) is 0 Å². The minimum Gasteiger partial charge on any atom is -0.465 e.